The van der Waals surface area contributed by atoms with Gasteiger partial charge in [-0.2, -0.15) is 0 Å². The van der Waals surface area contributed by atoms with Crippen molar-refractivity contribution < 1.29 is 23.7 Å². The standard InChI is InChI=1S/C30H42N4O5/c1-18(2)13-22(28(37)33-24(14-19(3)4)27(36)30(6)9-10-30)17-26(35)23(16-21-7-11-31-12-8-21)32-29(38)25-15-20(5)39-34-25/h7-8,11-12,15,18-19,22-24H,9-10,13-14,16-17H2,1-6H3,(H,32,38)(H,33,37)/t22-,23+,24+/m1/s1. The summed E-state index contributed by atoms with van der Waals surface area (Å²) in [6.07, 6.45) is 6.15. The Morgan fingerprint density at radius 1 is 0.974 bits per heavy atom. The molecule has 1 fully saturated rings. The summed E-state index contributed by atoms with van der Waals surface area (Å²) in [6, 6.07) is 3.62. The Morgan fingerprint density at radius 3 is 2.15 bits per heavy atom. The average Bonchev–Trinajstić information content (AvgIpc) is 3.47. The molecule has 2 N–H and O–H groups in total. The van der Waals surface area contributed by atoms with Gasteiger partial charge >= 0.3 is 0 Å². The molecule has 1 aliphatic carbocycles. The van der Waals surface area contributed by atoms with Crippen molar-refractivity contribution in [1.82, 2.24) is 20.8 Å². The summed E-state index contributed by atoms with van der Waals surface area (Å²) in [5.41, 5.74) is 0.542. The molecule has 0 aromatic carbocycles. The van der Waals surface area contributed by atoms with Crippen LogP contribution < -0.4 is 10.6 Å². The van der Waals surface area contributed by atoms with Crippen LogP contribution in [0.2, 0.25) is 0 Å². The number of aryl methyl sites for hydroxylation is 1. The number of ketones is 2. The molecule has 0 bridgehead atoms. The minimum absolute atomic E-state index is 0.0578. The summed E-state index contributed by atoms with van der Waals surface area (Å²) in [7, 11) is 0. The number of amides is 2. The van der Waals surface area contributed by atoms with Crippen LogP contribution in [0.3, 0.4) is 0 Å². The van der Waals surface area contributed by atoms with E-state index in [1.165, 1.54) is 6.07 Å². The summed E-state index contributed by atoms with van der Waals surface area (Å²) in [5, 5.41) is 9.55. The summed E-state index contributed by atoms with van der Waals surface area (Å²) in [6.45, 7) is 11.7. The normalized spacial score (nSPS) is 16.4. The van der Waals surface area contributed by atoms with Gasteiger partial charge in [0.05, 0.1) is 12.1 Å². The molecule has 0 aliphatic heterocycles. The smallest absolute Gasteiger partial charge is 0.274 e. The fourth-order valence-electron chi connectivity index (χ4n) is 4.79. The Labute approximate surface area is 230 Å². The summed E-state index contributed by atoms with van der Waals surface area (Å²) >= 11 is 0. The van der Waals surface area contributed by atoms with Crippen LogP contribution in [0.4, 0.5) is 0 Å². The van der Waals surface area contributed by atoms with Gasteiger partial charge in [0.2, 0.25) is 5.91 Å². The highest BCUT2D eigenvalue weighted by Gasteiger charge is 2.48. The Hall–Kier alpha value is -3.36. The Bertz CT molecular complexity index is 1150. The van der Waals surface area contributed by atoms with Crippen molar-refractivity contribution in [2.24, 2.45) is 23.2 Å². The van der Waals surface area contributed by atoms with Crippen molar-refractivity contribution in [3.8, 4) is 0 Å². The highest BCUT2D eigenvalue weighted by atomic mass is 16.5. The number of rotatable bonds is 15. The molecule has 0 radical (unpaired) electrons. The molecule has 1 aliphatic rings. The van der Waals surface area contributed by atoms with Crippen molar-refractivity contribution in [2.75, 3.05) is 0 Å². The molecule has 1 saturated carbocycles. The number of hydrogen-bond donors (Lipinski definition) is 2. The van der Waals surface area contributed by atoms with E-state index in [-0.39, 0.29) is 53.3 Å². The number of Topliss-reactive ketones (excluding diaryl/α,β-unsaturated/α-hetero) is 2. The highest BCUT2D eigenvalue weighted by molar-refractivity contribution is 5.98. The van der Waals surface area contributed by atoms with Crippen molar-refractivity contribution in [2.45, 2.75) is 92.2 Å². The lowest BCUT2D eigenvalue weighted by Crippen LogP contribution is -2.48. The largest absolute Gasteiger partial charge is 0.361 e. The van der Waals surface area contributed by atoms with Gasteiger partial charge in [-0.1, -0.05) is 39.8 Å². The second-order valence-corrected chi connectivity index (χ2v) is 12.0. The zero-order valence-corrected chi connectivity index (χ0v) is 24.0. The number of carbonyl (C=O) groups excluding carboxylic acids is 4. The Kier molecular flexibility index (Phi) is 10.2. The number of nitrogens with one attached hydrogen (secondary N) is 2. The minimum atomic E-state index is -0.877. The summed E-state index contributed by atoms with van der Waals surface area (Å²) in [4.78, 5) is 57.3. The molecular weight excluding hydrogens is 496 g/mol. The number of aromatic nitrogens is 2. The first kappa shape index (κ1) is 30.2. The van der Waals surface area contributed by atoms with Crippen LogP contribution >= 0.6 is 0 Å². The zero-order valence-electron chi connectivity index (χ0n) is 24.0. The van der Waals surface area contributed by atoms with E-state index in [0.29, 0.717) is 18.6 Å². The van der Waals surface area contributed by atoms with Crippen molar-refractivity contribution in [3.05, 3.63) is 47.6 Å². The van der Waals surface area contributed by atoms with Crippen molar-refractivity contribution in [3.63, 3.8) is 0 Å². The number of nitrogens with zero attached hydrogens (tertiary/aromatic N) is 2. The van der Waals surface area contributed by atoms with Gasteiger partial charge in [0, 0.05) is 36.2 Å². The SMILES string of the molecule is Cc1cc(C(=O)N[C@@H](Cc2ccncc2)C(=O)C[C@@H](CC(C)C)C(=O)N[C@@H](CC(C)C)C(=O)C2(C)CC2)no1. The summed E-state index contributed by atoms with van der Waals surface area (Å²) < 4.78 is 5.01. The Balaban J connectivity index is 1.78. The van der Waals surface area contributed by atoms with E-state index in [1.54, 1.807) is 31.5 Å². The van der Waals surface area contributed by atoms with Crippen LogP contribution in [0.5, 0.6) is 0 Å². The minimum Gasteiger partial charge on any atom is -0.361 e. The van der Waals surface area contributed by atoms with Crippen LogP contribution in [-0.2, 0) is 20.8 Å². The van der Waals surface area contributed by atoms with E-state index in [1.807, 2.05) is 34.6 Å². The lowest BCUT2D eigenvalue weighted by atomic mass is 9.87. The van der Waals surface area contributed by atoms with Crippen LogP contribution in [0.1, 0.15) is 88.5 Å². The van der Waals surface area contributed by atoms with E-state index < -0.39 is 23.9 Å². The predicted molar refractivity (Wildman–Crippen MR) is 147 cm³/mol. The maximum Gasteiger partial charge on any atom is 0.274 e. The molecule has 2 amide bonds. The molecule has 212 valence electrons. The van der Waals surface area contributed by atoms with Gasteiger partial charge in [-0.15, -0.1) is 0 Å². The second kappa shape index (κ2) is 13.1. The van der Waals surface area contributed by atoms with Gasteiger partial charge in [0.15, 0.2) is 17.3 Å². The van der Waals surface area contributed by atoms with Crippen LogP contribution in [-0.4, -0.2) is 45.6 Å². The molecule has 2 heterocycles. The molecule has 0 unspecified atom stereocenters. The molecule has 9 nitrogen and oxygen atoms in total. The Morgan fingerprint density at radius 2 is 1.62 bits per heavy atom. The first-order valence-corrected chi connectivity index (χ1v) is 13.9. The zero-order chi connectivity index (χ0) is 28.7. The van der Waals surface area contributed by atoms with Crippen LogP contribution in [0.25, 0.3) is 0 Å². The number of pyridine rings is 1. The van der Waals surface area contributed by atoms with E-state index in [0.717, 1.165) is 18.4 Å². The molecule has 3 rings (SSSR count). The first-order chi connectivity index (χ1) is 18.4. The van der Waals surface area contributed by atoms with Gasteiger partial charge < -0.3 is 15.2 Å². The quantitative estimate of drug-likeness (QED) is 0.347. The molecule has 0 saturated heterocycles. The first-order valence-electron chi connectivity index (χ1n) is 13.9. The lowest BCUT2D eigenvalue weighted by Gasteiger charge is -2.27. The highest BCUT2D eigenvalue weighted by Crippen LogP contribution is 2.47. The maximum absolute atomic E-state index is 13.7. The molecule has 39 heavy (non-hydrogen) atoms. The second-order valence-electron chi connectivity index (χ2n) is 12.0. The molecule has 0 spiro atoms. The monoisotopic (exact) mass is 538 g/mol. The molecule has 9 heteroatoms. The summed E-state index contributed by atoms with van der Waals surface area (Å²) in [5.74, 6) is -0.765. The molecule has 2 aromatic rings. The van der Waals surface area contributed by atoms with Gasteiger partial charge in [-0.05, 0) is 68.6 Å². The van der Waals surface area contributed by atoms with Crippen molar-refractivity contribution in [1.29, 1.82) is 0 Å². The van der Waals surface area contributed by atoms with Crippen LogP contribution in [0.15, 0.2) is 35.1 Å². The molecule has 3 atom stereocenters. The van der Waals surface area contributed by atoms with E-state index in [2.05, 4.69) is 20.8 Å². The van der Waals surface area contributed by atoms with Crippen molar-refractivity contribution >= 4 is 23.4 Å². The predicted octanol–water partition coefficient (Wildman–Crippen LogP) is 4.24. The number of carbonyl (C=O) groups is 4. The van der Waals surface area contributed by atoms with E-state index in [9.17, 15) is 19.2 Å². The fraction of sp³-hybridized carbons (Fsp3) is 0.600. The fourth-order valence-corrected chi connectivity index (χ4v) is 4.79. The lowest BCUT2D eigenvalue weighted by molar-refractivity contribution is -0.134. The average molecular weight is 539 g/mol. The maximum atomic E-state index is 13.7. The van der Waals surface area contributed by atoms with Gasteiger partial charge in [-0.3, -0.25) is 24.2 Å². The topological polar surface area (TPSA) is 131 Å². The third kappa shape index (κ3) is 8.83. The van der Waals surface area contributed by atoms with E-state index in [4.69, 9.17) is 4.52 Å². The van der Waals surface area contributed by atoms with E-state index >= 15 is 0 Å². The van der Waals surface area contributed by atoms with Gasteiger partial charge in [0.25, 0.3) is 5.91 Å². The van der Waals surface area contributed by atoms with Gasteiger partial charge in [0.1, 0.15) is 5.76 Å². The molecule has 2 aromatic heterocycles. The van der Waals surface area contributed by atoms with Crippen LogP contribution in [0, 0.1) is 30.1 Å². The third-order valence-corrected chi connectivity index (χ3v) is 7.25. The van der Waals surface area contributed by atoms with Gasteiger partial charge in [-0.25, -0.2) is 0 Å². The molecular formula is C30H42N4O5. The number of hydrogen-bond acceptors (Lipinski definition) is 7. The third-order valence-electron chi connectivity index (χ3n) is 7.25.